The number of nitrogens with one attached hydrogen (secondary N) is 1. The van der Waals surface area contributed by atoms with E-state index < -0.39 is 9.84 Å². The van der Waals surface area contributed by atoms with Crippen LogP contribution in [0.15, 0.2) is 4.99 Å². The molecule has 3 N–H and O–H groups in total. The first-order valence-electron chi connectivity index (χ1n) is 6.60. The van der Waals surface area contributed by atoms with Crippen molar-refractivity contribution in [1.82, 2.24) is 10.3 Å². The molecule has 1 aliphatic heterocycles. The molecule has 2 fully saturated rings. The van der Waals surface area contributed by atoms with Gasteiger partial charge in [0.1, 0.15) is 0 Å². The number of hydrogen-bond acceptors (Lipinski definition) is 4. The first-order valence-corrected chi connectivity index (χ1v) is 8.43. The van der Waals surface area contributed by atoms with E-state index in [2.05, 4.69) is 10.4 Å². The van der Waals surface area contributed by atoms with Crippen molar-refractivity contribution >= 4 is 15.8 Å². The molecule has 2 rings (SSSR count). The topological polar surface area (TPSA) is 87.8 Å². The molecular formula is C11H22N4O2S. The molecule has 1 saturated carbocycles. The zero-order chi connectivity index (χ0) is 13.0. The molecule has 2 aliphatic rings. The van der Waals surface area contributed by atoms with E-state index in [9.17, 15) is 8.42 Å². The van der Waals surface area contributed by atoms with E-state index in [1.54, 1.807) is 0 Å². The van der Waals surface area contributed by atoms with Gasteiger partial charge in [0, 0.05) is 13.1 Å². The summed E-state index contributed by atoms with van der Waals surface area (Å²) < 4.78 is 22.8. The summed E-state index contributed by atoms with van der Waals surface area (Å²) in [7, 11) is -2.86. The summed E-state index contributed by atoms with van der Waals surface area (Å²) in [5.74, 6) is 6.55. The summed E-state index contributed by atoms with van der Waals surface area (Å²) >= 11 is 0. The molecule has 0 unspecified atom stereocenters. The average Bonchev–Trinajstić information content (AvgIpc) is 2.38. The van der Waals surface area contributed by atoms with Gasteiger partial charge in [0.25, 0.3) is 0 Å². The number of hydrazine groups is 1. The van der Waals surface area contributed by atoms with Crippen molar-refractivity contribution < 1.29 is 8.42 Å². The molecule has 6 nitrogen and oxygen atoms in total. The number of hydrogen-bond donors (Lipinski definition) is 2. The van der Waals surface area contributed by atoms with Gasteiger partial charge in [0.05, 0.1) is 17.5 Å². The van der Waals surface area contributed by atoms with E-state index in [0.717, 1.165) is 12.8 Å². The highest BCUT2D eigenvalue weighted by Crippen LogP contribution is 2.20. The van der Waals surface area contributed by atoms with Gasteiger partial charge >= 0.3 is 0 Å². The summed E-state index contributed by atoms with van der Waals surface area (Å²) in [6.07, 6.45) is 5.95. The minimum absolute atomic E-state index is 0.193. The maximum absolute atomic E-state index is 11.4. The Morgan fingerprint density at radius 1 is 1.17 bits per heavy atom. The van der Waals surface area contributed by atoms with Gasteiger partial charge in [-0.05, 0) is 12.8 Å². The Kier molecular flexibility index (Phi) is 4.45. The third-order valence-corrected chi connectivity index (χ3v) is 5.26. The summed E-state index contributed by atoms with van der Waals surface area (Å²) in [4.78, 5) is 6.58. The Morgan fingerprint density at radius 2 is 1.78 bits per heavy atom. The van der Waals surface area contributed by atoms with Crippen molar-refractivity contribution in [1.29, 1.82) is 0 Å². The van der Waals surface area contributed by atoms with Crippen molar-refractivity contribution in [3.63, 3.8) is 0 Å². The number of sulfone groups is 1. The maximum atomic E-state index is 11.4. The van der Waals surface area contributed by atoms with Crippen LogP contribution in [-0.4, -0.2) is 49.9 Å². The van der Waals surface area contributed by atoms with E-state index in [1.807, 2.05) is 4.90 Å². The third-order valence-electron chi connectivity index (χ3n) is 3.65. The van der Waals surface area contributed by atoms with E-state index in [4.69, 9.17) is 5.84 Å². The van der Waals surface area contributed by atoms with Crippen LogP contribution in [0, 0.1) is 0 Å². The van der Waals surface area contributed by atoms with Crippen LogP contribution in [0.3, 0.4) is 0 Å². The molecular weight excluding hydrogens is 252 g/mol. The molecule has 0 aromatic rings. The van der Waals surface area contributed by atoms with Crippen LogP contribution < -0.4 is 11.3 Å². The SMILES string of the molecule is NNC(=NC1CCCCC1)N1CCS(=O)(=O)CC1. The fourth-order valence-corrected chi connectivity index (χ4v) is 3.72. The minimum Gasteiger partial charge on any atom is -0.340 e. The highest BCUT2D eigenvalue weighted by atomic mass is 32.2. The molecule has 1 heterocycles. The number of guanidine groups is 1. The lowest BCUT2D eigenvalue weighted by atomic mass is 9.96. The van der Waals surface area contributed by atoms with Gasteiger partial charge in [0.15, 0.2) is 9.84 Å². The highest BCUT2D eigenvalue weighted by molar-refractivity contribution is 7.91. The van der Waals surface area contributed by atoms with E-state index in [0.29, 0.717) is 25.1 Å². The summed E-state index contributed by atoms with van der Waals surface area (Å²) in [6, 6.07) is 0.336. The molecule has 0 bridgehead atoms. The number of nitrogens with zero attached hydrogens (tertiary/aromatic N) is 2. The summed E-state index contributed by atoms with van der Waals surface area (Å²) in [6.45, 7) is 0.968. The van der Waals surface area contributed by atoms with Crippen molar-refractivity contribution in [3.05, 3.63) is 0 Å². The molecule has 0 aromatic heterocycles. The maximum Gasteiger partial charge on any atom is 0.208 e. The van der Waals surface area contributed by atoms with Crippen LogP contribution in [-0.2, 0) is 9.84 Å². The third kappa shape index (κ3) is 3.58. The second kappa shape index (κ2) is 5.88. The van der Waals surface area contributed by atoms with Crippen molar-refractivity contribution in [3.8, 4) is 0 Å². The fourth-order valence-electron chi connectivity index (χ4n) is 2.52. The Balaban J connectivity index is 1.97. The van der Waals surface area contributed by atoms with Crippen LogP contribution in [0.2, 0.25) is 0 Å². The monoisotopic (exact) mass is 274 g/mol. The Morgan fingerprint density at radius 3 is 2.33 bits per heavy atom. The molecule has 1 aliphatic carbocycles. The van der Waals surface area contributed by atoms with E-state index in [-0.39, 0.29) is 11.5 Å². The predicted molar refractivity (Wildman–Crippen MR) is 71.9 cm³/mol. The van der Waals surface area contributed by atoms with Gasteiger partial charge in [-0.25, -0.2) is 19.3 Å². The van der Waals surface area contributed by atoms with Crippen molar-refractivity contribution in [2.45, 2.75) is 38.1 Å². The lowest BCUT2D eigenvalue weighted by Crippen LogP contribution is -2.51. The molecule has 1 saturated heterocycles. The Bertz CT molecular complexity index is 387. The molecule has 104 valence electrons. The van der Waals surface area contributed by atoms with Crippen LogP contribution in [0.4, 0.5) is 0 Å². The molecule has 0 aromatic carbocycles. The van der Waals surface area contributed by atoms with Crippen LogP contribution >= 0.6 is 0 Å². The summed E-state index contributed by atoms with van der Waals surface area (Å²) in [5, 5.41) is 0. The smallest absolute Gasteiger partial charge is 0.208 e. The van der Waals surface area contributed by atoms with Gasteiger partial charge in [-0.15, -0.1) is 0 Å². The van der Waals surface area contributed by atoms with Crippen LogP contribution in [0.1, 0.15) is 32.1 Å². The largest absolute Gasteiger partial charge is 0.340 e. The number of nitrogens with two attached hydrogens (primary N) is 1. The fraction of sp³-hybridized carbons (Fsp3) is 0.909. The van der Waals surface area contributed by atoms with Crippen molar-refractivity contribution in [2.75, 3.05) is 24.6 Å². The minimum atomic E-state index is -2.86. The normalized spacial score (nSPS) is 26.1. The molecule has 0 amide bonds. The van der Waals surface area contributed by atoms with Gasteiger partial charge < -0.3 is 4.90 Å². The Labute approximate surface area is 109 Å². The van der Waals surface area contributed by atoms with Gasteiger partial charge in [-0.1, -0.05) is 19.3 Å². The van der Waals surface area contributed by atoms with E-state index in [1.165, 1.54) is 19.3 Å². The van der Waals surface area contributed by atoms with Gasteiger partial charge in [0.2, 0.25) is 5.96 Å². The first kappa shape index (κ1) is 13.6. The highest BCUT2D eigenvalue weighted by Gasteiger charge is 2.24. The van der Waals surface area contributed by atoms with Crippen molar-refractivity contribution in [2.24, 2.45) is 10.8 Å². The first-order chi connectivity index (χ1) is 8.61. The molecule has 0 radical (unpaired) electrons. The lowest BCUT2D eigenvalue weighted by Gasteiger charge is -2.30. The molecule has 18 heavy (non-hydrogen) atoms. The van der Waals surface area contributed by atoms with Gasteiger partial charge in [-0.3, -0.25) is 5.43 Å². The standard InChI is InChI=1S/C11H22N4O2S/c12-14-11(13-10-4-2-1-3-5-10)15-6-8-18(16,17)9-7-15/h10H,1-9,12H2,(H,13,14). The average molecular weight is 274 g/mol. The van der Waals surface area contributed by atoms with Crippen LogP contribution in [0.25, 0.3) is 0 Å². The number of rotatable bonds is 1. The summed E-state index contributed by atoms with van der Waals surface area (Å²) in [5.41, 5.74) is 2.63. The number of aliphatic imine (C=N–C) groups is 1. The zero-order valence-corrected chi connectivity index (χ0v) is 11.5. The predicted octanol–water partition coefficient (Wildman–Crippen LogP) is -0.131. The van der Waals surface area contributed by atoms with Gasteiger partial charge in [-0.2, -0.15) is 0 Å². The second-order valence-corrected chi connectivity index (χ2v) is 7.33. The molecule has 0 spiro atoms. The van der Waals surface area contributed by atoms with Crippen LogP contribution in [0.5, 0.6) is 0 Å². The Hall–Kier alpha value is -0.820. The quantitative estimate of drug-likeness (QED) is 0.301. The molecule has 7 heteroatoms. The van der Waals surface area contributed by atoms with E-state index >= 15 is 0 Å². The lowest BCUT2D eigenvalue weighted by molar-refractivity contribution is 0.404. The molecule has 0 atom stereocenters. The zero-order valence-electron chi connectivity index (χ0n) is 10.6. The second-order valence-electron chi connectivity index (χ2n) is 5.03.